The Morgan fingerprint density at radius 2 is 1.89 bits per heavy atom. The summed E-state index contributed by atoms with van der Waals surface area (Å²) in [5.41, 5.74) is 0.412. The molecule has 0 aliphatic carbocycles. The molecule has 0 radical (unpaired) electrons. The Kier molecular flexibility index (Phi) is 5.18. The minimum atomic E-state index is -2.95. The molecule has 0 spiro atoms. The summed E-state index contributed by atoms with van der Waals surface area (Å²) in [4.78, 5) is 25.5. The van der Waals surface area contributed by atoms with Gasteiger partial charge in [0.05, 0.1) is 4.88 Å². The van der Waals surface area contributed by atoms with E-state index in [1.54, 1.807) is 13.0 Å². The zero-order valence-electron chi connectivity index (χ0n) is 14.6. The monoisotopic (exact) mass is 389 g/mol. The van der Waals surface area contributed by atoms with Crippen molar-refractivity contribution >= 4 is 22.9 Å². The first kappa shape index (κ1) is 18.9. The summed E-state index contributed by atoms with van der Waals surface area (Å²) >= 11 is 1.48. The summed E-state index contributed by atoms with van der Waals surface area (Å²) in [6, 6.07) is 11.1. The highest BCUT2D eigenvalue weighted by Gasteiger charge is 2.24. The maximum absolute atomic E-state index is 13.3. The molecule has 5 nitrogen and oxygen atoms in total. The Morgan fingerprint density at radius 1 is 1.19 bits per heavy atom. The van der Waals surface area contributed by atoms with Gasteiger partial charge in [0.25, 0.3) is 11.5 Å². The molecule has 2 heterocycles. The average molecular weight is 389 g/mol. The van der Waals surface area contributed by atoms with Crippen LogP contribution in [0, 0.1) is 0 Å². The highest BCUT2D eigenvalue weighted by atomic mass is 32.1. The van der Waals surface area contributed by atoms with Gasteiger partial charge in [-0.15, -0.1) is 11.3 Å². The zero-order chi connectivity index (χ0) is 19.6. The number of nitrogens with zero attached hydrogens (tertiary/aromatic N) is 2. The summed E-state index contributed by atoms with van der Waals surface area (Å²) in [5.74, 6) is -3.42. The molecule has 3 aromatic rings. The van der Waals surface area contributed by atoms with Crippen LogP contribution >= 0.6 is 11.3 Å². The third-order valence-electron chi connectivity index (χ3n) is 4.00. The summed E-state index contributed by atoms with van der Waals surface area (Å²) in [6.45, 7) is 2.36. The molecule has 140 valence electrons. The number of anilines is 1. The Labute approximate surface area is 158 Å². The lowest BCUT2D eigenvalue weighted by atomic mass is 10.1. The fourth-order valence-corrected chi connectivity index (χ4v) is 3.15. The van der Waals surface area contributed by atoms with Gasteiger partial charge >= 0.3 is 0 Å². The Hall–Kier alpha value is -2.87. The van der Waals surface area contributed by atoms with Gasteiger partial charge in [0, 0.05) is 24.2 Å². The van der Waals surface area contributed by atoms with Gasteiger partial charge in [-0.05, 0) is 36.6 Å². The fourth-order valence-electron chi connectivity index (χ4n) is 2.46. The van der Waals surface area contributed by atoms with Gasteiger partial charge in [-0.3, -0.25) is 9.59 Å². The summed E-state index contributed by atoms with van der Waals surface area (Å²) in [6.07, 6.45) is 0. The van der Waals surface area contributed by atoms with Gasteiger partial charge in [-0.2, -0.15) is 5.10 Å². The lowest BCUT2D eigenvalue weighted by Crippen LogP contribution is -2.33. The largest absolute Gasteiger partial charge is 0.324 e. The van der Waals surface area contributed by atoms with Gasteiger partial charge < -0.3 is 5.32 Å². The maximum atomic E-state index is 13.3. The number of carbonyl (C=O) groups is 1. The predicted octanol–water partition coefficient (Wildman–Crippen LogP) is 4.28. The second-order valence-corrected chi connectivity index (χ2v) is 7.06. The molecule has 3 rings (SSSR count). The van der Waals surface area contributed by atoms with E-state index in [1.807, 2.05) is 17.5 Å². The first-order valence-electron chi connectivity index (χ1n) is 8.18. The third-order valence-corrected chi connectivity index (χ3v) is 4.90. The van der Waals surface area contributed by atoms with Crippen molar-refractivity contribution < 1.29 is 13.6 Å². The van der Waals surface area contributed by atoms with Crippen molar-refractivity contribution in [3.8, 4) is 10.6 Å². The number of hydrogen-bond donors (Lipinski definition) is 1. The average Bonchev–Trinajstić information content (AvgIpc) is 3.16. The molecule has 8 heteroatoms. The predicted molar refractivity (Wildman–Crippen MR) is 101 cm³/mol. The van der Waals surface area contributed by atoms with E-state index in [0.29, 0.717) is 11.4 Å². The van der Waals surface area contributed by atoms with Crippen LogP contribution in [0.3, 0.4) is 0 Å². The van der Waals surface area contributed by atoms with E-state index in [2.05, 4.69) is 10.4 Å². The van der Waals surface area contributed by atoms with Crippen molar-refractivity contribution in [3.63, 3.8) is 0 Å². The minimum Gasteiger partial charge on any atom is -0.324 e. The molecule has 0 saturated carbocycles. The molecule has 1 amide bonds. The van der Waals surface area contributed by atoms with E-state index in [1.165, 1.54) is 41.7 Å². The van der Waals surface area contributed by atoms with Crippen molar-refractivity contribution in [2.24, 2.45) is 0 Å². The highest BCUT2D eigenvalue weighted by molar-refractivity contribution is 7.13. The smallest absolute Gasteiger partial charge is 0.270 e. The number of carbonyl (C=O) groups excluding carboxylic acids is 1. The van der Waals surface area contributed by atoms with Crippen LogP contribution in [-0.2, 0) is 10.7 Å². The molecule has 2 aromatic heterocycles. The first-order chi connectivity index (χ1) is 12.8. The number of hydrogen-bond acceptors (Lipinski definition) is 4. The quantitative estimate of drug-likeness (QED) is 0.708. The van der Waals surface area contributed by atoms with Gasteiger partial charge in [-0.1, -0.05) is 18.2 Å². The zero-order valence-corrected chi connectivity index (χ0v) is 15.5. The molecule has 0 aliphatic heterocycles. The Morgan fingerprint density at radius 3 is 2.48 bits per heavy atom. The van der Waals surface area contributed by atoms with Crippen LogP contribution in [0.2, 0.25) is 0 Å². The van der Waals surface area contributed by atoms with Crippen LogP contribution in [-0.4, -0.2) is 15.7 Å². The second-order valence-electron chi connectivity index (χ2n) is 6.11. The molecular formula is C19H17F2N3O2S. The van der Waals surface area contributed by atoms with Crippen LogP contribution in [0.4, 0.5) is 14.5 Å². The molecule has 0 saturated heterocycles. The Balaban J connectivity index is 1.79. The lowest BCUT2D eigenvalue weighted by Gasteiger charge is -2.15. The molecular weight excluding hydrogens is 372 g/mol. The first-order valence-corrected chi connectivity index (χ1v) is 9.06. The van der Waals surface area contributed by atoms with E-state index >= 15 is 0 Å². The highest BCUT2D eigenvalue weighted by Crippen LogP contribution is 2.28. The number of aromatic nitrogens is 2. The van der Waals surface area contributed by atoms with Gasteiger partial charge in [0.1, 0.15) is 11.7 Å². The molecule has 1 atom stereocenters. The summed E-state index contributed by atoms with van der Waals surface area (Å²) < 4.78 is 27.6. The van der Waals surface area contributed by atoms with Crippen molar-refractivity contribution in [3.05, 3.63) is 69.8 Å². The fraction of sp³-hybridized carbons (Fsp3) is 0.211. The molecule has 1 aromatic carbocycles. The molecule has 0 bridgehead atoms. The number of halogens is 2. The number of benzene rings is 1. The van der Waals surface area contributed by atoms with Gasteiger partial charge in [0.15, 0.2) is 0 Å². The van der Waals surface area contributed by atoms with Crippen LogP contribution < -0.4 is 10.9 Å². The summed E-state index contributed by atoms with van der Waals surface area (Å²) in [7, 11) is 0. The normalized spacial score (nSPS) is 12.6. The van der Waals surface area contributed by atoms with Crippen molar-refractivity contribution in [1.82, 2.24) is 9.78 Å². The Bertz CT molecular complexity index is 993. The van der Waals surface area contributed by atoms with Crippen LogP contribution in [0.15, 0.2) is 58.7 Å². The maximum Gasteiger partial charge on any atom is 0.270 e. The van der Waals surface area contributed by atoms with Crippen LogP contribution in [0.5, 0.6) is 0 Å². The molecule has 1 N–H and O–H groups in total. The topological polar surface area (TPSA) is 64.0 Å². The number of nitrogens with one attached hydrogen (secondary N) is 1. The molecule has 27 heavy (non-hydrogen) atoms. The standard InChI is InChI=1S/C19H17F2N3O2S/c1-12(18(26)22-14-7-5-13(6-8-14)19(2,20)21)24-17(25)10-9-15(23-24)16-4-3-11-27-16/h3-12H,1-2H3,(H,22,26). The second kappa shape index (κ2) is 7.40. The van der Waals surface area contributed by atoms with Crippen LogP contribution in [0.25, 0.3) is 10.6 Å². The van der Waals surface area contributed by atoms with E-state index in [0.717, 1.165) is 16.5 Å². The lowest BCUT2D eigenvalue weighted by molar-refractivity contribution is -0.119. The van der Waals surface area contributed by atoms with Crippen molar-refractivity contribution in [2.45, 2.75) is 25.8 Å². The van der Waals surface area contributed by atoms with E-state index in [9.17, 15) is 18.4 Å². The summed E-state index contributed by atoms with van der Waals surface area (Å²) in [5, 5.41) is 8.79. The van der Waals surface area contributed by atoms with E-state index in [-0.39, 0.29) is 5.56 Å². The number of alkyl halides is 2. The van der Waals surface area contributed by atoms with E-state index < -0.39 is 23.4 Å². The van der Waals surface area contributed by atoms with Gasteiger partial charge in [0.2, 0.25) is 5.91 Å². The number of thiophene rings is 1. The van der Waals surface area contributed by atoms with E-state index in [4.69, 9.17) is 0 Å². The van der Waals surface area contributed by atoms with Crippen molar-refractivity contribution in [1.29, 1.82) is 0 Å². The number of rotatable bonds is 5. The minimum absolute atomic E-state index is 0.143. The molecule has 0 fully saturated rings. The van der Waals surface area contributed by atoms with Crippen LogP contribution in [0.1, 0.15) is 25.5 Å². The van der Waals surface area contributed by atoms with Crippen molar-refractivity contribution in [2.75, 3.05) is 5.32 Å². The molecule has 1 unspecified atom stereocenters. The third kappa shape index (κ3) is 4.28. The SMILES string of the molecule is CC(C(=O)Nc1ccc(C(C)(F)F)cc1)n1nc(-c2cccs2)ccc1=O. The van der Waals surface area contributed by atoms with Gasteiger partial charge in [-0.25, -0.2) is 13.5 Å². The molecule has 0 aliphatic rings. The number of amides is 1.